The van der Waals surface area contributed by atoms with Crippen molar-refractivity contribution >= 4 is 17.4 Å². The van der Waals surface area contributed by atoms with Crippen molar-refractivity contribution in [2.24, 2.45) is 0 Å². The summed E-state index contributed by atoms with van der Waals surface area (Å²) in [6.07, 6.45) is 0. The molecule has 0 aromatic rings. The van der Waals surface area contributed by atoms with Crippen LogP contribution in [0.4, 0.5) is 0 Å². The van der Waals surface area contributed by atoms with E-state index in [9.17, 15) is 0 Å². The fourth-order valence-electron chi connectivity index (χ4n) is 0. The highest BCUT2D eigenvalue weighted by atomic mass is 35.7. The van der Waals surface area contributed by atoms with E-state index < -0.39 is 30.7 Å². The van der Waals surface area contributed by atoms with Crippen molar-refractivity contribution in [1.29, 1.82) is 0 Å². The van der Waals surface area contributed by atoms with Crippen molar-refractivity contribution in [1.82, 2.24) is 0 Å². The van der Waals surface area contributed by atoms with E-state index in [-0.39, 0.29) is 17.4 Å². The fraction of sp³-hybridized carbons (Fsp3) is 0. The standard InChI is InChI=1S/Al.3ClHO4/c;3*2-1(3,4)5/h;3*(H,2,3,4,5)/p-3. The van der Waals surface area contributed by atoms with Crippen molar-refractivity contribution in [2.75, 3.05) is 0 Å². The van der Waals surface area contributed by atoms with Crippen molar-refractivity contribution < 1.29 is 86.6 Å². The monoisotopic (exact) mass is 324 g/mol. The Kier molecular flexibility index (Phi) is 15.9. The molecule has 12 nitrogen and oxygen atoms in total. The molecule has 0 bridgehead atoms. The molecule has 0 atom stereocenters. The Bertz CT molecular complexity index is 91.3. The SMILES string of the molecule is [Al].[O-][Cl+3]([O-])([O-])[O-].[O-][Cl+3]([O-])([O-])[O-].[O-][Cl+3]([O-])([O-])[O-]. The van der Waals surface area contributed by atoms with Crippen LogP contribution in [0.2, 0.25) is 0 Å². The van der Waals surface area contributed by atoms with Crippen LogP contribution >= 0.6 is 0 Å². The van der Waals surface area contributed by atoms with Gasteiger partial charge in [0.05, 0.1) is 0 Å². The van der Waals surface area contributed by atoms with E-state index in [1.165, 1.54) is 0 Å². The molecule has 0 heterocycles. The summed E-state index contributed by atoms with van der Waals surface area (Å²) in [6, 6.07) is 0. The van der Waals surface area contributed by atoms with Gasteiger partial charge in [-0.05, 0) is 0 Å². The summed E-state index contributed by atoms with van der Waals surface area (Å²) in [5.74, 6) is 0. The van der Waals surface area contributed by atoms with Crippen molar-refractivity contribution in [3.63, 3.8) is 0 Å². The number of hydrogen-bond acceptors (Lipinski definition) is 12. The lowest BCUT2D eigenvalue weighted by Gasteiger charge is -2.17. The zero-order chi connectivity index (χ0) is 13.5. The molecule has 0 spiro atoms. The van der Waals surface area contributed by atoms with Crippen molar-refractivity contribution in [2.45, 2.75) is 0 Å². The van der Waals surface area contributed by atoms with Crippen LogP contribution in [-0.4, -0.2) is 17.4 Å². The van der Waals surface area contributed by atoms with Crippen LogP contribution < -0.4 is 55.9 Å². The molecular formula is AlCl3O12-3. The average Bonchev–Trinajstić information content (AvgIpc) is 1.41. The highest BCUT2D eigenvalue weighted by Gasteiger charge is 1.84. The van der Waals surface area contributed by atoms with Gasteiger partial charge in [-0.25, -0.2) is 55.9 Å². The van der Waals surface area contributed by atoms with Gasteiger partial charge >= 0.3 is 0 Å². The first-order valence-electron chi connectivity index (χ1n) is 1.85. The van der Waals surface area contributed by atoms with Crippen LogP contribution in [0.15, 0.2) is 0 Å². The van der Waals surface area contributed by atoms with Gasteiger partial charge in [-0.15, -0.1) is 30.7 Å². The molecule has 0 aliphatic heterocycles. The quantitative estimate of drug-likeness (QED) is 0.375. The molecule has 0 aromatic carbocycles. The van der Waals surface area contributed by atoms with Crippen molar-refractivity contribution in [3.8, 4) is 0 Å². The zero-order valence-electron chi connectivity index (χ0n) is 6.61. The second-order valence-electron chi connectivity index (χ2n) is 1.13. The molecule has 0 saturated heterocycles. The fourth-order valence-corrected chi connectivity index (χ4v) is 0. The third-order valence-corrected chi connectivity index (χ3v) is 0. The molecule has 16 heteroatoms. The Labute approximate surface area is 104 Å². The molecule has 0 aliphatic rings. The van der Waals surface area contributed by atoms with Crippen LogP contribution in [0.5, 0.6) is 0 Å². The first-order chi connectivity index (χ1) is 6.00. The number of rotatable bonds is 0. The highest BCUT2D eigenvalue weighted by molar-refractivity contribution is 5.75. The molecule has 0 rings (SSSR count). The lowest BCUT2D eigenvalue weighted by Crippen LogP contribution is -2.68. The van der Waals surface area contributed by atoms with Crippen LogP contribution in [-0.2, 0) is 0 Å². The molecule has 3 radical (unpaired) electrons. The van der Waals surface area contributed by atoms with E-state index in [0.717, 1.165) is 0 Å². The Hall–Kier alpha value is 0.922. The van der Waals surface area contributed by atoms with Gasteiger partial charge in [0.2, 0.25) is 0 Å². The largest absolute Gasteiger partial charge is 0.222 e. The smallest absolute Gasteiger partial charge is 0 e. The normalized spacial score (nSPS) is 11.2. The summed E-state index contributed by atoms with van der Waals surface area (Å²) >= 11 is 0. The van der Waals surface area contributed by atoms with Gasteiger partial charge in [0.1, 0.15) is 0 Å². The average molecular weight is 325 g/mol. The Morgan fingerprint density at radius 2 is 0.312 bits per heavy atom. The minimum absolute atomic E-state index is 0. The van der Waals surface area contributed by atoms with Crippen LogP contribution in [0.3, 0.4) is 0 Å². The molecule has 16 heavy (non-hydrogen) atoms. The summed E-state index contributed by atoms with van der Waals surface area (Å²) in [6.45, 7) is 0. The molecule has 0 fully saturated rings. The van der Waals surface area contributed by atoms with E-state index in [0.29, 0.717) is 0 Å². The van der Waals surface area contributed by atoms with Crippen molar-refractivity contribution in [3.05, 3.63) is 0 Å². The summed E-state index contributed by atoms with van der Waals surface area (Å²) in [7, 11) is -14.8. The third kappa shape index (κ3) is 3400. The van der Waals surface area contributed by atoms with Gasteiger partial charge < -0.3 is 0 Å². The molecule has 99 valence electrons. The second kappa shape index (κ2) is 9.90. The summed E-state index contributed by atoms with van der Waals surface area (Å²) in [4.78, 5) is 0. The van der Waals surface area contributed by atoms with E-state index in [2.05, 4.69) is 0 Å². The highest BCUT2D eigenvalue weighted by Crippen LogP contribution is 1.50. The Morgan fingerprint density at radius 3 is 0.312 bits per heavy atom. The second-order valence-corrected chi connectivity index (χ2v) is 3.40. The molecule has 0 unspecified atom stereocenters. The van der Waals surface area contributed by atoms with E-state index in [1.54, 1.807) is 0 Å². The maximum absolute atomic E-state index is 8.49. The van der Waals surface area contributed by atoms with Gasteiger partial charge in [-0.2, -0.15) is 0 Å². The van der Waals surface area contributed by atoms with Gasteiger partial charge in [-0.3, -0.25) is 0 Å². The number of hydrogen-bond donors (Lipinski definition) is 0. The van der Waals surface area contributed by atoms with Gasteiger partial charge in [0.25, 0.3) is 0 Å². The number of halogens is 3. The lowest BCUT2D eigenvalue weighted by atomic mass is 15.8. The first kappa shape index (κ1) is 25.7. The Balaban J connectivity index is -0.0000000655. The van der Waals surface area contributed by atoms with Crippen LogP contribution in [0.25, 0.3) is 0 Å². The van der Waals surface area contributed by atoms with E-state index >= 15 is 0 Å². The maximum atomic E-state index is 8.49. The summed E-state index contributed by atoms with van der Waals surface area (Å²) in [5.41, 5.74) is 0. The predicted molar refractivity (Wildman–Crippen MR) is 5.75 cm³/mol. The maximum Gasteiger partial charge on any atom is 0 e. The lowest BCUT2D eigenvalue weighted by molar-refractivity contribution is -2.00. The van der Waals surface area contributed by atoms with Gasteiger partial charge in [0, 0.05) is 17.4 Å². The van der Waals surface area contributed by atoms with Crippen LogP contribution in [0.1, 0.15) is 0 Å². The molecular weight excluding hydrogens is 325 g/mol. The first-order valence-corrected chi connectivity index (χ1v) is 5.55. The van der Waals surface area contributed by atoms with Gasteiger partial charge in [-0.1, -0.05) is 0 Å². The topological polar surface area (TPSA) is 277 Å². The Morgan fingerprint density at radius 1 is 0.312 bits per heavy atom. The third-order valence-electron chi connectivity index (χ3n) is 0. The van der Waals surface area contributed by atoms with Crippen LogP contribution in [0, 0.1) is 30.7 Å². The predicted octanol–water partition coefficient (Wildman–Crippen LogP) is -14.6. The van der Waals surface area contributed by atoms with Gasteiger partial charge in [0.15, 0.2) is 0 Å². The molecule has 0 amide bonds. The molecule has 0 aromatic heterocycles. The summed E-state index contributed by atoms with van der Waals surface area (Å²) < 4.78 is 102. The van der Waals surface area contributed by atoms with E-state index in [4.69, 9.17) is 55.9 Å². The molecule has 0 N–H and O–H groups in total. The zero-order valence-corrected chi connectivity index (χ0v) is 10.0. The molecule has 0 saturated carbocycles. The minimum atomic E-state index is -4.94. The summed E-state index contributed by atoms with van der Waals surface area (Å²) in [5, 5.41) is 0. The minimum Gasteiger partial charge on any atom is -0.222 e. The molecule has 0 aliphatic carbocycles. The van der Waals surface area contributed by atoms with E-state index in [1.807, 2.05) is 0 Å².